The number of hydrogen-bond donors (Lipinski definition) is 3. The van der Waals surface area contributed by atoms with Gasteiger partial charge in [0.1, 0.15) is 11.2 Å². The first-order valence-corrected chi connectivity index (χ1v) is 9.83. The van der Waals surface area contributed by atoms with Gasteiger partial charge >= 0.3 is 6.16 Å². The summed E-state index contributed by atoms with van der Waals surface area (Å²) in [5.74, 6) is -1.04. The Kier molecular flexibility index (Phi) is 4.26. The molecule has 1 fully saturated rings. The number of anilines is 2. The molecule has 0 saturated carbocycles. The SMILES string of the molecule is CN1COc2c(N3CC4CC=CC(O)C4C3)c(F)c(N)c3c(=O)c(OC(=O)O)cn1c23. The van der Waals surface area contributed by atoms with Crippen LogP contribution >= 0.6 is 0 Å². The van der Waals surface area contributed by atoms with Crippen molar-refractivity contribution in [1.82, 2.24) is 4.68 Å². The number of fused-ring (bicyclic) bond motifs is 1. The monoisotopic (exact) mass is 432 g/mol. The van der Waals surface area contributed by atoms with E-state index in [1.165, 1.54) is 10.9 Å². The number of rotatable bonds is 2. The zero-order valence-corrected chi connectivity index (χ0v) is 16.6. The lowest BCUT2D eigenvalue weighted by atomic mass is 9.84. The molecule has 1 aromatic carbocycles. The van der Waals surface area contributed by atoms with E-state index in [-0.39, 0.29) is 40.9 Å². The normalized spacial score (nSPS) is 24.3. The fraction of sp³-hybridized carbons (Fsp3) is 0.400. The van der Waals surface area contributed by atoms with E-state index in [0.29, 0.717) is 13.1 Å². The van der Waals surface area contributed by atoms with Gasteiger partial charge in [0.2, 0.25) is 11.2 Å². The molecular weight excluding hydrogens is 411 g/mol. The molecule has 0 spiro atoms. The number of nitrogens with two attached hydrogens (primary N) is 1. The van der Waals surface area contributed by atoms with Crippen LogP contribution in [-0.2, 0) is 0 Å². The summed E-state index contributed by atoms with van der Waals surface area (Å²) in [6.45, 7) is 0.942. The molecule has 3 heterocycles. The molecule has 0 radical (unpaired) electrons. The van der Waals surface area contributed by atoms with Gasteiger partial charge in [0.05, 0.1) is 23.4 Å². The van der Waals surface area contributed by atoms with E-state index in [0.717, 1.165) is 6.42 Å². The Balaban J connectivity index is 1.73. The number of aliphatic hydroxyl groups is 1. The van der Waals surface area contributed by atoms with Gasteiger partial charge in [-0.2, -0.15) is 0 Å². The largest absolute Gasteiger partial charge is 0.511 e. The predicted molar refractivity (Wildman–Crippen MR) is 110 cm³/mol. The quantitative estimate of drug-likeness (QED) is 0.362. The summed E-state index contributed by atoms with van der Waals surface area (Å²) >= 11 is 0. The molecule has 164 valence electrons. The van der Waals surface area contributed by atoms with Crippen LogP contribution in [0.3, 0.4) is 0 Å². The number of aliphatic hydroxyl groups excluding tert-OH is 1. The maximum Gasteiger partial charge on any atom is 0.511 e. The fourth-order valence-electron chi connectivity index (χ4n) is 4.82. The molecule has 2 aliphatic heterocycles. The van der Waals surface area contributed by atoms with E-state index in [4.69, 9.17) is 15.6 Å². The minimum Gasteiger partial charge on any atom is -0.467 e. The van der Waals surface area contributed by atoms with E-state index in [1.54, 1.807) is 23.0 Å². The molecule has 0 amide bonds. The summed E-state index contributed by atoms with van der Waals surface area (Å²) in [4.78, 5) is 25.7. The summed E-state index contributed by atoms with van der Waals surface area (Å²) in [6, 6.07) is 0. The minimum absolute atomic E-state index is 0.0265. The number of aromatic nitrogens is 1. The second-order valence-corrected chi connectivity index (χ2v) is 8.08. The molecule has 10 nitrogen and oxygen atoms in total. The number of ether oxygens (including phenoxy) is 2. The summed E-state index contributed by atoms with van der Waals surface area (Å²) in [6.07, 6.45) is 3.42. The third kappa shape index (κ3) is 2.80. The van der Waals surface area contributed by atoms with Crippen LogP contribution in [0.5, 0.6) is 11.5 Å². The highest BCUT2D eigenvalue weighted by atomic mass is 19.1. The van der Waals surface area contributed by atoms with Crippen molar-refractivity contribution in [2.24, 2.45) is 11.8 Å². The number of carboxylic acid groups (broad SMARTS) is 1. The lowest BCUT2D eigenvalue weighted by Crippen LogP contribution is -2.39. The van der Waals surface area contributed by atoms with Crippen molar-refractivity contribution in [1.29, 1.82) is 0 Å². The first kappa shape index (κ1) is 19.5. The van der Waals surface area contributed by atoms with Crippen LogP contribution in [-0.4, -0.2) is 54.0 Å². The number of nitrogens with zero attached hydrogens (tertiary/aromatic N) is 3. The summed E-state index contributed by atoms with van der Waals surface area (Å²) in [5, 5.41) is 20.6. The minimum atomic E-state index is -1.67. The highest BCUT2D eigenvalue weighted by Crippen LogP contribution is 2.47. The highest BCUT2D eigenvalue weighted by Gasteiger charge is 2.41. The lowest BCUT2D eigenvalue weighted by molar-refractivity contribution is 0.129. The second kappa shape index (κ2) is 6.77. The van der Waals surface area contributed by atoms with Crippen LogP contribution in [0.4, 0.5) is 20.6 Å². The molecule has 4 N–H and O–H groups in total. The van der Waals surface area contributed by atoms with Crippen LogP contribution in [0.15, 0.2) is 23.1 Å². The Labute approximate surface area is 175 Å². The zero-order valence-electron chi connectivity index (χ0n) is 16.6. The number of carbonyl (C=O) groups is 1. The molecule has 11 heteroatoms. The Bertz CT molecular complexity index is 1190. The van der Waals surface area contributed by atoms with Gasteiger partial charge in [-0.05, 0) is 12.3 Å². The molecule has 31 heavy (non-hydrogen) atoms. The van der Waals surface area contributed by atoms with E-state index in [9.17, 15) is 14.7 Å². The molecule has 1 aromatic heterocycles. The van der Waals surface area contributed by atoms with Crippen LogP contribution in [0, 0.1) is 17.7 Å². The maximum absolute atomic E-state index is 15.6. The maximum atomic E-state index is 15.6. The summed E-state index contributed by atoms with van der Waals surface area (Å²) < 4.78 is 27.5. The molecule has 5 rings (SSSR count). The standard InChI is InChI=1S/C20H21FN4O6/c1-23-8-30-19-16-13(18(27)12(7-25(16)23)31-20(28)29)15(22)14(21)17(19)24-5-9-3-2-4-11(26)10(9)6-24/h2,4,7,9-11,26H,3,5-6,8,22H2,1H3,(H,28,29). The second-order valence-electron chi connectivity index (χ2n) is 8.08. The number of allylic oxidation sites excluding steroid dienone is 1. The van der Waals surface area contributed by atoms with Gasteiger partial charge < -0.3 is 30.3 Å². The van der Waals surface area contributed by atoms with Crippen LogP contribution < -0.4 is 30.5 Å². The summed E-state index contributed by atoms with van der Waals surface area (Å²) in [7, 11) is 1.66. The van der Waals surface area contributed by atoms with Crippen LogP contribution in [0.2, 0.25) is 0 Å². The smallest absolute Gasteiger partial charge is 0.467 e. The third-order valence-corrected chi connectivity index (χ3v) is 6.28. The van der Waals surface area contributed by atoms with Gasteiger partial charge in [0, 0.05) is 26.1 Å². The summed E-state index contributed by atoms with van der Waals surface area (Å²) in [5.41, 5.74) is 5.20. The van der Waals surface area contributed by atoms with Crippen molar-refractivity contribution in [2.45, 2.75) is 12.5 Å². The zero-order chi connectivity index (χ0) is 22.0. The molecule has 3 unspecified atom stereocenters. The first-order chi connectivity index (χ1) is 14.8. The third-order valence-electron chi connectivity index (χ3n) is 6.28. The van der Waals surface area contributed by atoms with Gasteiger partial charge in [0.15, 0.2) is 18.3 Å². The Morgan fingerprint density at radius 2 is 2.16 bits per heavy atom. The number of benzene rings is 1. The fourth-order valence-corrected chi connectivity index (χ4v) is 4.82. The van der Waals surface area contributed by atoms with E-state index >= 15 is 4.39 Å². The number of hydrogen-bond acceptors (Lipinski definition) is 8. The van der Waals surface area contributed by atoms with Crippen LogP contribution in [0.25, 0.3) is 10.9 Å². The van der Waals surface area contributed by atoms with Crippen LogP contribution in [0.1, 0.15) is 6.42 Å². The van der Waals surface area contributed by atoms with Gasteiger partial charge in [-0.1, -0.05) is 12.2 Å². The number of nitrogen functional groups attached to an aromatic ring is 1. The van der Waals surface area contributed by atoms with Gasteiger partial charge in [-0.3, -0.25) is 14.5 Å². The van der Waals surface area contributed by atoms with Gasteiger partial charge in [-0.15, -0.1) is 0 Å². The lowest BCUT2D eigenvalue weighted by Gasteiger charge is -2.34. The topological polar surface area (TPSA) is 130 Å². The first-order valence-electron chi connectivity index (χ1n) is 9.83. The van der Waals surface area contributed by atoms with E-state index in [1.807, 2.05) is 6.08 Å². The Morgan fingerprint density at radius 3 is 2.87 bits per heavy atom. The average Bonchev–Trinajstić information content (AvgIpc) is 3.15. The Morgan fingerprint density at radius 1 is 1.39 bits per heavy atom. The van der Waals surface area contributed by atoms with Gasteiger partial charge in [0.25, 0.3) is 0 Å². The van der Waals surface area contributed by atoms with Crippen molar-refractivity contribution >= 4 is 28.4 Å². The number of pyridine rings is 1. The van der Waals surface area contributed by atoms with Crippen molar-refractivity contribution < 1.29 is 28.9 Å². The molecule has 3 atom stereocenters. The highest BCUT2D eigenvalue weighted by molar-refractivity contribution is 6.01. The van der Waals surface area contributed by atoms with E-state index < -0.39 is 34.9 Å². The predicted octanol–water partition coefficient (Wildman–Crippen LogP) is 1.07. The average molecular weight is 432 g/mol. The number of halogens is 1. The van der Waals surface area contributed by atoms with Crippen molar-refractivity contribution in [3.63, 3.8) is 0 Å². The molecule has 0 bridgehead atoms. The Hall–Kier alpha value is -3.47. The molecule has 1 saturated heterocycles. The van der Waals surface area contributed by atoms with Crippen molar-refractivity contribution in [2.75, 3.05) is 42.5 Å². The molecule has 3 aliphatic rings. The van der Waals surface area contributed by atoms with Crippen molar-refractivity contribution in [3.05, 3.63) is 34.4 Å². The van der Waals surface area contributed by atoms with Crippen molar-refractivity contribution in [3.8, 4) is 11.5 Å². The molecular formula is C20H21FN4O6. The molecule has 1 aliphatic carbocycles. The van der Waals surface area contributed by atoms with Gasteiger partial charge in [-0.25, -0.2) is 9.18 Å². The molecule has 2 aromatic rings. The van der Waals surface area contributed by atoms with E-state index in [2.05, 4.69) is 4.74 Å².